The highest BCUT2D eigenvalue weighted by molar-refractivity contribution is 5.60. The van der Waals surface area contributed by atoms with Crippen molar-refractivity contribution in [2.45, 2.75) is 25.6 Å². The van der Waals surface area contributed by atoms with Crippen molar-refractivity contribution in [1.29, 1.82) is 5.26 Å². The van der Waals surface area contributed by atoms with Crippen LogP contribution in [-0.2, 0) is 9.47 Å². The lowest BCUT2D eigenvalue weighted by molar-refractivity contribution is -0.106. The van der Waals surface area contributed by atoms with Crippen LogP contribution in [0.3, 0.4) is 0 Å². The molecule has 1 heterocycles. The van der Waals surface area contributed by atoms with Crippen molar-refractivity contribution in [2.75, 3.05) is 31.7 Å². The lowest BCUT2D eigenvalue weighted by Crippen LogP contribution is -2.54. The van der Waals surface area contributed by atoms with Gasteiger partial charge in [0.2, 0.25) is 0 Å². The molecule has 0 N–H and O–H groups in total. The smallest absolute Gasteiger partial charge is 0.124 e. The maximum atomic E-state index is 13.2. The van der Waals surface area contributed by atoms with Gasteiger partial charge in [-0.1, -0.05) is 0 Å². The van der Waals surface area contributed by atoms with Gasteiger partial charge in [0.15, 0.2) is 0 Å². The van der Waals surface area contributed by atoms with E-state index in [0.29, 0.717) is 25.3 Å². The standard InChI is InChI=1S/C15H19FN2O2/c1-15(2)10-18(8-13(20-15)9-19-3)14-5-4-12(16)6-11(14)7-17/h4-6,13H,8-10H2,1-3H3. The number of hydrogen-bond acceptors (Lipinski definition) is 4. The molecular formula is C15H19FN2O2. The summed E-state index contributed by atoms with van der Waals surface area (Å²) < 4.78 is 24.3. The Labute approximate surface area is 118 Å². The first kappa shape index (κ1) is 14.8. The number of halogens is 1. The first-order valence-corrected chi connectivity index (χ1v) is 6.56. The van der Waals surface area contributed by atoms with Gasteiger partial charge < -0.3 is 14.4 Å². The van der Waals surface area contributed by atoms with E-state index in [2.05, 4.69) is 11.0 Å². The highest BCUT2D eigenvalue weighted by atomic mass is 19.1. The zero-order valence-electron chi connectivity index (χ0n) is 12.0. The van der Waals surface area contributed by atoms with Crippen LogP contribution in [0.5, 0.6) is 0 Å². The third-order valence-corrected chi connectivity index (χ3v) is 3.25. The second kappa shape index (κ2) is 5.78. The molecule has 0 aromatic heterocycles. The van der Waals surface area contributed by atoms with Gasteiger partial charge in [-0.3, -0.25) is 0 Å². The number of hydrogen-bond donors (Lipinski definition) is 0. The summed E-state index contributed by atoms with van der Waals surface area (Å²) in [5, 5.41) is 9.17. The Balaban J connectivity index is 2.29. The maximum Gasteiger partial charge on any atom is 0.124 e. The molecule has 5 heteroatoms. The number of nitrogens with zero attached hydrogens (tertiary/aromatic N) is 2. The molecule has 1 aliphatic heterocycles. The van der Waals surface area contributed by atoms with Gasteiger partial charge in [-0.25, -0.2) is 4.39 Å². The van der Waals surface area contributed by atoms with Crippen molar-refractivity contribution in [2.24, 2.45) is 0 Å². The van der Waals surface area contributed by atoms with Crippen LogP contribution in [0.2, 0.25) is 0 Å². The quantitative estimate of drug-likeness (QED) is 0.851. The molecule has 0 bridgehead atoms. The Morgan fingerprint density at radius 1 is 1.55 bits per heavy atom. The average Bonchev–Trinajstić information content (AvgIpc) is 2.37. The lowest BCUT2D eigenvalue weighted by atomic mass is 10.0. The normalized spacial score (nSPS) is 21.6. The van der Waals surface area contributed by atoms with E-state index >= 15 is 0 Å². The predicted octanol–water partition coefficient (Wildman–Crippen LogP) is 2.33. The summed E-state index contributed by atoms with van der Waals surface area (Å²) in [6.07, 6.45) is -0.0691. The van der Waals surface area contributed by atoms with Crippen LogP contribution < -0.4 is 4.90 Å². The molecule has 20 heavy (non-hydrogen) atoms. The van der Waals surface area contributed by atoms with Crippen molar-refractivity contribution in [3.8, 4) is 6.07 Å². The Morgan fingerprint density at radius 2 is 2.30 bits per heavy atom. The largest absolute Gasteiger partial charge is 0.382 e. The van der Waals surface area contributed by atoms with E-state index in [9.17, 15) is 9.65 Å². The second-order valence-electron chi connectivity index (χ2n) is 5.61. The zero-order chi connectivity index (χ0) is 14.8. The fraction of sp³-hybridized carbons (Fsp3) is 0.533. The van der Waals surface area contributed by atoms with Crippen molar-refractivity contribution in [3.05, 3.63) is 29.6 Å². The fourth-order valence-corrected chi connectivity index (χ4v) is 2.63. The molecule has 2 rings (SSSR count). The highest BCUT2D eigenvalue weighted by Gasteiger charge is 2.34. The Morgan fingerprint density at radius 3 is 2.95 bits per heavy atom. The van der Waals surface area contributed by atoms with Gasteiger partial charge in [0.05, 0.1) is 29.6 Å². The molecule has 0 aliphatic carbocycles. The van der Waals surface area contributed by atoms with Gasteiger partial charge in [-0.2, -0.15) is 5.26 Å². The van der Waals surface area contributed by atoms with E-state index in [0.717, 1.165) is 5.69 Å². The summed E-state index contributed by atoms with van der Waals surface area (Å²) in [5.41, 5.74) is 0.744. The van der Waals surface area contributed by atoms with E-state index < -0.39 is 5.82 Å². The van der Waals surface area contributed by atoms with Crippen LogP contribution >= 0.6 is 0 Å². The number of morpholine rings is 1. The van der Waals surface area contributed by atoms with Crippen molar-refractivity contribution in [1.82, 2.24) is 0 Å². The number of methoxy groups -OCH3 is 1. The summed E-state index contributed by atoms with van der Waals surface area (Å²) in [6.45, 7) is 5.75. The van der Waals surface area contributed by atoms with Crippen LogP contribution in [0.15, 0.2) is 18.2 Å². The molecular weight excluding hydrogens is 259 g/mol. The van der Waals surface area contributed by atoms with Crippen LogP contribution in [0, 0.1) is 17.1 Å². The van der Waals surface area contributed by atoms with Gasteiger partial charge >= 0.3 is 0 Å². The van der Waals surface area contributed by atoms with Crippen LogP contribution in [0.4, 0.5) is 10.1 Å². The number of ether oxygens (including phenoxy) is 2. The molecule has 1 unspecified atom stereocenters. The number of nitriles is 1. The minimum atomic E-state index is -0.397. The van der Waals surface area contributed by atoms with Crippen molar-refractivity contribution >= 4 is 5.69 Å². The molecule has 4 nitrogen and oxygen atoms in total. The van der Waals surface area contributed by atoms with Gasteiger partial charge in [-0.05, 0) is 32.0 Å². The topological polar surface area (TPSA) is 45.5 Å². The van der Waals surface area contributed by atoms with Crippen molar-refractivity contribution < 1.29 is 13.9 Å². The predicted molar refractivity (Wildman–Crippen MR) is 74.2 cm³/mol. The molecule has 1 saturated heterocycles. The van der Waals surface area contributed by atoms with Gasteiger partial charge in [0, 0.05) is 20.2 Å². The molecule has 0 spiro atoms. The third kappa shape index (κ3) is 3.27. The Kier molecular flexibility index (Phi) is 4.26. The molecule has 1 fully saturated rings. The van der Waals surface area contributed by atoms with Crippen LogP contribution in [0.25, 0.3) is 0 Å². The fourth-order valence-electron chi connectivity index (χ4n) is 2.63. The zero-order valence-corrected chi connectivity index (χ0v) is 12.0. The second-order valence-corrected chi connectivity index (χ2v) is 5.61. The number of benzene rings is 1. The van der Waals surface area contributed by atoms with Crippen molar-refractivity contribution in [3.63, 3.8) is 0 Å². The summed E-state index contributed by atoms with van der Waals surface area (Å²) in [5.74, 6) is -0.397. The Hall–Kier alpha value is -1.64. The maximum absolute atomic E-state index is 13.2. The van der Waals surface area contributed by atoms with E-state index in [1.165, 1.54) is 12.1 Å². The number of anilines is 1. The molecule has 0 amide bonds. The number of rotatable bonds is 3. The molecule has 0 saturated carbocycles. The molecule has 108 valence electrons. The first-order chi connectivity index (χ1) is 9.45. The van der Waals surface area contributed by atoms with E-state index in [1.807, 2.05) is 13.8 Å². The van der Waals surface area contributed by atoms with E-state index in [-0.39, 0.29) is 11.7 Å². The lowest BCUT2D eigenvalue weighted by Gasteiger charge is -2.44. The third-order valence-electron chi connectivity index (χ3n) is 3.25. The van der Waals surface area contributed by atoms with Gasteiger partial charge in [-0.15, -0.1) is 0 Å². The Bertz CT molecular complexity index is 525. The van der Waals surface area contributed by atoms with Crippen LogP contribution in [-0.4, -0.2) is 38.5 Å². The summed E-state index contributed by atoms with van der Waals surface area (Å²) in [7, 11) is 1.63. The first-order valence-electron chi connectivity index (χ1n) is 6.56. The SMILES string of the molecule is COCC1CN(c2ccc(F)cc2C#N)CC(C)(C)O1. The van der Waals surface area contributed by atoms with Gasteiger partial charge in [0.25, 0.3) is 0 Å². The summed E-state index contributed by atoms with van der Waals surface area (Å²) in [6, 6.07) is 6.35. The molecule has 1 aliphatic rings. The highest BCUT2D eigenvalue weighted by Crippen LogP contribution is 2.28. The molecule has 1 atom stereocenters. The molecule has 0 radical (unpaired) electrons. The minimum Gasteiger partial charge on any atom is -0.382 e. The monoisotopic (exact) mass is 278 g/mol. The van der Waals surface area contributed by atoms with Gasteiger partial charge in [0.1, 0.15) is 11.9 Å². The van der Waals surface area contributed by atoms with Crippen LogP contribution in [0.1, 0.15) is 19.4 Å². The van der Waals surface area contributed by atoms with E-state index in [1.54, 1.807) is 13.2 Å². The minimum absolute atomic E-state index is 0.0691. The molecule has 1 aromatic rings. The van der Waals surface area contributed by atoms with E-state index in [4.69, 9.17) is 9.47 Å². The summed E-state index contributed by atoms with van der Waals surface area (Å²) in [4.78, 5) is 2.06. The summed E-state index contributed by atoms with van der Waals surface area (Å²) >= 11 is 0. The molecule has 1 aromatic carbocycles. The average molecular weight is 278 g/mol.